The number of halogens is 1. The summed E-state index contributed by atoms with van der Waals surface area (Å²) in [6, 6.07) is 5.51. The normalized spacial score (nSPS) is 8.83. The lowest BCUT2D eigenvalue weighted by molar-refractivity contribution is 0.412. The molecule has 0 atom stereocenters. The molecule has 0 unspecified atom stereocenters. The van der Waals surface area contributed by atoms with Crippen LogP contribution in [0.5, 0.6) is 5.75 Å². The van der Waals surface area contributed by atoms with Gasteiger partial charge in [0.1, 0.15) is 5.75 Å². The topological polar surface area (TPSA) is 21.6 Å². The molecule has 0 saturated heterocycles. The summed E-state index contributed by atoms with van der Waals surface area (Å²) < 4.78 is 5.86. The molecule has 0 aliphatic heterocycles. The van der Waals surface area contributed by atoms with Crippen molar-refractivity contribution in [2.24, 2.45) is 4.99 Å². The highest BCUT2D eigenvalue weighted by molar-refractivity contribution is 9.10. The molecule has 1 aromatic rings. The minimum Gasteiger partial charge on any atom is -0.495 e. The van der Waals surface area contributed by atoms with E-state index in [0.29, 0.717) is 0 Å². The zero-order chi connectivity index (χ0) is 8.97. The molecule has 62 valence electrons. The third-order valence-electron chi connectivity index (χ3n) is 1.33. The Kier molecular flexibility index (Phi) is 3.41. The maximum atomic E-state index is 5.06. The minimum absolute atomic E-state index is 0.726. The molecular weight excluding hydrogens is 238 g/mol. The van der Waals surface area contributed by atoms with E-state index in [1.807, 2.05) is 18.2 Å². The quantitative estimate of drug-likeness (QED) is 0.588. The second-order valence-electron chi connectivity index (χ2n) is 2.00. The van der Waals surface area contributed by atoms with Crippen molar-refractivity contribution in [3.63, 3.8) is 0 Å². The van der Waals surface area contributed by atoms with Crippen LogP contribution in [0.25, 0.3) is 0 Å². The van der Waals surface area contributed by atoms with E-state index in [-0.39, 0.29) is 0 Å². The zero-order valence-corrected chi connectivity index (χ0v) is 8.78. The summed E-state index contributed by atoms with van der Waals surface area (Å²) in [6.45, 7) is 0. The molecule has 12 heavy (non-hydrogen) atoms. The Labute approximate surface area is 84.4 Å². The van der Waals surface area contributed by atoms with Crippen LogP contribution >= 0.6 is 28.1 Å². The van der Waals surface area contributed by atoms with Gasteiger partial charge in [0.25, 0.3) is 0 Å². The van der Waals surface area contributed by atoms with Crippen molar-refractivity contribution in [2.75, 3.05) is 7.11 Å². The van der Waals surface area contributed by atoms with Gasteiger partial charge < -0.3 is 4.74 Å². The molecule has 0 aliphatic carbocycles. The van der Waals surface area contributed by atoms with Crippen molar-refractivity contribution in [3.8, 4) is 5.75 Å². The second kappa shape index (κ2) is 4.36. The third kappa shape index (κ3) is 1.91. The summed E-state index contributed by atoms with van der Waals surface area (Å²) in [6.07, 6.45) is 0. The van der Waals surface area contributed by atoms with Crippen LogP contribution in [0, 0.1) is 0 Å². The summed E-state index contributed by atoms with van der Waals surface area (Å²) in [5.74, 6) is 0.738. The molecule has 0 saturated carbocycles. The molecule has 0 heterocycles. The van der Waals surface area contributed by atoms with Gasteiger partial charge in [-0.25, -0.2) is 0 Å². The smallest absolute Gasteiger partial charge is 0.135 e. The van der Waals surface area contributed by atoms with Gasteiger partial charge in [-0.3, -0.25) is 0 Å². The Morgan fingerprint density at radius 3 is 2.92 bits per heavy atom. The lowest BCUT2D eigenvalue weighted by atomic mass is 10.3. The van der Waals surface area contributed by atoms with Gasteiger partial charge in [0.15, 0.2) is 0 Å². The number of methoxy groups -OCH3 is 1. The van der Waals surface area contributed by atoms with Gasteiger partial charge in [0.05, 0.1) is 22.4 Å². The lowest BCUT2D eigenvalue weighted by Crippen LogP contribution is -1.83. The van der Waals surface area contributed by atoms with Crippen molar-refractivity contribution >= 4 is 39.0 Å². The molecule has 0 radical (unpaired) electrons. The van der Waals surface area contributed by atoms with E-state index < -0.39 is 0 Å². The Morgan fingerprint density at radius 1 is 1.58 bits per heavy atom. The highest BCUT2D eigenvalue weighted by Crippen LogP contribution is 2.33. The van der Waals surface area contributed by atoms with E-state index in [9.17, 15) is 0 Å². The highest BCUT2D eigenvalue weighted by Gasteiger charge is 2.03. The maximum Gasteiger partial charge on any atom is 0.135 e. The number of aliphatic imine (C=N–C) groups is 1. The van der Waals surface area contributed by atoms with Gasteiger partial charge in [-0.05, 0) is 40.3 Å². The molecule has 0 amide bonds. The molecule has 1 rings (SSSR count). The molecule has 2 nitrogen and oxygen atoms in total. The fraction of sp³-hybridized carbons (Fsp3) is 0.125. The van der Waals surface area contributed by atoms with Crippen molar-refractivity contribution in [1.29, 1.82) is 0 Å². The van der Waals surface area contributed by atoms with E-state index >= 15 is 0 Å². The number of isothiocyanates is 1. The average Bonchev–Trinajstić information content (AvgIpc) is 2.09. The second-order valence-corrected chi connectivity index (χ2v) is 2.97. The average molecular weight is 244 g/mol. The summed E-state index contributed by atoms with van der Waals surface area (Å²) >= 11 is 7.83. The van der Waals surface area contributed by atoms with Crippen LogP contribution in [0.15, 0.2) is 27.7 Å². The van der Waals surface area contributed by atoms with Gasteiger partial charge in [0.2, 0.25) is 0 Å². The van der Waals surface area contributed by atoms with Gasteiger partial charge in [-0.2, -0.15) is 4.99 Å². The number of thiocarbonyl (C=S) groups is 1. The molecule has 1 aromatic carbocycles. The molecule has 0 bridgehead atoms. The Balaban J connectivity index is 3.22. The molecule has 4 heteroatoms. The highest BCUT2D eigenvalue weighted by atomic mass is 79.9. The SMILES string of the molecule is COc1cccc(N=C=S)c1Br. The van der Waals surface area contributed by atoms with E-state index in [1.165, 1.54) is 0 Å². The first kappa shape index (κ1) is 9.39. The van der Waals surface area contributed by atoms with Crippen molar-refractivity contribution < 1.29 is 4.74 Å². The van der Waals surface area contributed by atoms with E-state index in [0.717, 1.165) is 15.9 Å². The predicted molar refractivity (Wildman–Crippen MR) is 55.4 cm³/mol. The van der Waals surface area contributed by atoms with E-state index in [1.54, 1.807) is 7.11 Å². The number of rotatable bonds is 2. The molecular formula is C8H6BrNOS. The first-order valence-electron chi connectivity index (χ1n) is 3.20. The van der Waals surface area contributed by atoms with Gasteiger partial charge in [0, 0.05) is 0 Å². The summed E-state index contributed by atoms with van der Waals surface area (Å²) in [7, 11) is 1.60. The number of benzene rings is 1. The molecule has 0 aliphatic rings. The third-order valence-corrected chi connectivity index (χ3v) is 2.22. The summed E-state index contributed by atoms with van der Waals surface area (Å²) in [5.41, 5.74) is 0.726. The van der Waals surface area contributed by atoms with Crippen molar-refractivity contribution in [3.05, 3.63) is 22.7 Å². The van der Waals surface area contributed by atoms with Crippen molar-refractivity contribution in [1.82, 2.24) is 0 Å². The van der Waals surface area contributed by atoms with Gasteiger partial charge in [-0.15, -0.1) is 0 Å². The number of nitrogens with zero attached hydrogens (tertiary/aromatic N) is 1. The monoisotopic (exact) mass is 243 g/mol. The minimum atomic E-state index is 0.726. The molecule has 0 spiro atoms. The molecule has 0 N–H and O–H groups in total. The zero-order valence-electron chi connectivity index (χ0n) is 6.37. The summed E-state index contributed by atoms with van der Waals surface area (Å²) in [5, 5.41) is 2.30. The number of ether oxygens (including phenoxy) is 1. The first-order chi connectivity index (χ1) is 5.79. The summed E-state index contributed by atoms with van der Waals surface area (Å²) in [4.78, 5) is 3.85. The Morgan fingerprint density at radius 2 is 2.33 bits per heavy atom. The maximum absolute atomic E-state index is 5.06. The van der Waals surface area contributed by atoms with E-state index in [2.05, 4.69) is 38.3 Å². The molecule has 0 aromatic heterocycles. The van der Waals surface area contributed by atoms with Crippen LogP contribution in [0.3, 0.4) is 0 Å². The standard InChI is InChI=1S/C8H6BrNOS/c1-11-7-4-2-3-6(8(7)9)10-5-12/h2-4H,1H3. The van der Waals surface area contributed by atoms with Crippen molar-refractivity contribution in [2.45, 2.75) is 0 Å². The van der Waals surface area contributed by atoms with E-state index in [4.69, 9.17) is 4.74 Å². The largest absolute Gasteiger partial charge is 0.495 e. The van der Waals surface area contributed by atoms with Crippen LogP contribution < -0.4 is 4.74 Å². The Bertz CT molecular complexity index is 334. The first-order valence-corrected chi connectivity index (χ1v) is 4.40. The molecule has 0 fully saturated rings. The fourth-order valence-corrected chi connectivity index (χ4v) is 1.41. The Hall–Kier alpha value is -0.700. The number of hydrogen-bond acceptors (Lipinski definition) is 3. The van der Waals surface area contributed by atoms with Crippen LogP contribution in [0.2, 0.25) is 0 Å². The van der Waals surface area contributed by atoms with Crippen LogP contribution in [0.1, 0.15) is 0 Å². The van der Waals surface area contributed by atoms with Gasteiger partial charge >= 0.3 is 0 Å². The number of hydrogen-bond donors (Lipinski definition) is 0. The van der Waals surface area contributed by atoms with Gasteiger partial charge in [-0.1, -0.05) is 6.07 Å². The fourth-order valence-electron chi connectivity index (χ4n) is 0.792. The van der Waals surface area contributed by atoms with Crippen LogP contribution in [-0.4, -0.2) is 12.3 Å². The van der Waals surface area contributed by atoms with Crippen LogP contribution in [0.4, 0.5) is 5.69 Å². The predicted octanol–water partition coefficient (Wildman–Crippen LogP) is 3.19. The lowest BCUT2D eigenvalue weighted by Gasteiger charge is -2.03. The van der Waals surface area contributed by atoms with Crippen LogP contribution in [-0.2, 0) is 0 Å².